The summed E-state index contributed by atoms with van der Waals surface area (Å²) >= 11 is 0. The van der Waals surface area contributed by atoms with Crippen LogP contribution < -0.4 is 11.1 Å². The first-order valence-corrected chi connectivity index (χ1v) is 7.36. The molecule has 1 amide bonds. The van der Waals surface area contributed by atoms with E-state index in [0.717, 1.165) is 25.3 Å². The third kappa shape index (κ3) is 9.81. The lowest BCUT2D eigenvalue weighted by molar-refractivity contribution is -0.121. The van der Waals surface area contributed by atoms with E-state index in [9.17, 15) is 4.79 Å². The number of carbonyl (C=O) groups excluding carboxylic acids is 1. The van der Waals surface area contributed by atoms with Crippen molar-refractivity contribution in [2.24, 2.45) is 11.7 Å². The van der Waals surface area contributed by atoms with E-state index in [-0.39, 0.29) is 36.8 Å². The molecule has 0 aromatic rings. The number of nitrogens with one attached hydrogen (secondary N) is 1. The highest BCUT2D eigenvalue weighted by Gasteiger charge is 2.17. The second kappa shape index (κ2) is 12.7. The maximum atomic E-state index is 11.5. The van der Waals surface area contributed by atoms with Gasteiger partial charge in [-0.15, -0.1) is 24.8 Å². The smallest absolute Gasteiger partial charge is 0.220 e. The molecule has 1 unspecified atom stereocenters. The van der Waals surface area contributed by atoms with Gasteiger partial charge in [0, 0.05) is 19.0 Å². The molecule has 1 aliphatic rings. The Kier molecular flexibility index (Phi) is 14.1. The number of rotatable bonds is 7. The maximum absolute atomic E-state index is 11.5. The van der Waals surface area contributed by atoms with Crippen LogP contribution in [0.2, 0.25) is 0 Å². The van der Waals surface area contributed by atoms with Crippen molar-refractivity contribution in [1.82, 2.24) is 10.2 Å². The van der Waals surface area contributed by atoms with Crippen LogP contribution in [0.5, 0.6) is 0 Å². The summed E-state index contributed by atoms with van der Waals surface area (Å²) < 4.78 is 0. The number of nitrogens with zero attached hydrogens (tertiary/aromatic N) is 1. The Hall–Kier alpha value is -0.0300. The number of hydrogen-bond donors (Lipinski definition) is 2. The molecule has 0 bridgehead atoms. The Morgan fingerprint density at radius 1 is 1.35 bits per heavy atom. The molecule has 0 saturated carbocycles. The molecular formula is C14H31Cl2N3O. The molecule has 0 spiro atoms. The van der Waals surface area contributed by atoms with Gasteiger partial charge in [-0.2, -0.15) is 0 Å². The third-order valence-corrected chi connectivity index (χ3v) is 3.86. The molecule has 1 rings (SSSR count). The quantitative estimate of drug-likeness (QED) is 0.753. The van der Waals surface area contributed by atoms with Crippen LogP contribution >= 0.6 is 24.8 Å². The van der Waals surface area contributed by atoms with E-state index in [2.05, 4.69) is 17.1 Å². The molecule has 1 atom stereocenters. The minimum atomic E-state index is 0. The van der Waals surface area contributed by atoms with Crippen LogP contribution in [0.3, 0.4) is 0 Å². The highest BCUT2D eigenvalue weighted by molar-refractivity contribution is 5.85. The van der Waals surface area contributed by atoms with Crippen LogP contribution in [0, 0.1) is 5.92 Å². The Morgan fingerprint density at radius 3 is 2.45 bits per heavy atom. The molecule has 1 heterocycles. The molecule has 0 radical (unpaired) electrons. The summed E-state index contributed by atoms with van der Waals surface area (Å²) in [5.41, 5.74) is 5.63. The molecule has 0 aromatic heterocycles. The van der Waals surface area contributed by atoms with Gasteiger partial charge in [0.25, 0.3) is 0 Å². The molecule has 1 fully saturated rings. The lowest BCUT2D eigenvalue weighted by atomic mass is 9.93. The predicted octanol–water partition coefficient (Wildman–Crippen LogP) is 2.20. The maximum Gasteiger partial charge on any atom is 0.220 e. The van der Waals surface area contributed by atoms with Gasteiger partial charge < -0.3 is 16.0 Å². The normalized spacial score (nSPS) is 17.8. The summed E-state index contributed by atoms with van der Waals surface area (Å²) in [4.78, 5) is 14.0. The Labute approximate surface area is 136 Å². The fourth-order valence-electron chi connectivity index (χ4n) is 2.45. The number of piperidine rings is 1. The molecule has 3 N–H and O–H groups in total. The molecule has 1 saturated heterocycles. The lowest BCUT2D eigenvalue weighted by Crippen LogP contribution is -2.35. The van der Waals surface area contributed by atoms with Crippen molar-refractivity contribution < 1.29 is 4.79 Å². The fourth-order valence-corrected chi connectivity index (χ4v) is 2.45. The van der Waals surface area contributed by atoms with Crippen molar-refractivity contribution >= 4 is 30.7 Å². The second-order valence-electron chi connectivity index (χ2n) is 5.53. The summed E-state index contributed by atoms with van der Waals surface area (Å²) in [7, 11) is 0. The highest BCUT2D eigenvalue weighted by atomic mass is 35.5. The Morgan fingerprint density at radius 2 is 1.95 bits per heavy atom. The minimum Gasteiger partial charge on any atom is -0.356 e. The molecule has 0 aromatic carbocycles. The zero-order chi connectivity index (χ0) is 13.4. The SMILES string of the molecule is CCN1CCC(CCNC(=O)CCC(C)N)CC1.Cl.Cl. The number of halogens is 2. The summed E-state index contributed by atoms with van der Waals surface area (Å²) in [6.07, 6.45) is 5.03. The molecule has 122 valence electrons. The monoisotopic (exact) mass is 327 g/mol. The predicted molar refractivity (Wildman–Crippen MR) is 89.8 cm³/mol. The number of nitrogens with two attached hydrogens (primary N) is 1. The number of hydrogen-bond acceptors (Lipinski definition) is 3. The van der Waals surface area contributed by atoms with Gasteiger partial charge in [0.2, 0.25) is 5.91 Å². The summed E-state index contributed by atoms with van der Waals surface area (Å²) in [5.74, 6) is 0.944. The van der Waals surface area contributed by atoms with Gasteiger partial charge in [-0.3, -0.25) is 4.79 Å². The van der Waals surface area contributed by atoms with Gasteiger partial charge in [0.1, 0.15) is 0 Å². The van der Waals surface area contributed by atoms with Gasteiger partial charge in [0.05, 0.1) is 0 Å². The number of amides is 1. The highest BCUT2D eigenvalue weighted by Crippen LogP contribution is 2.19. The van der Waals surface area contributed by atoms with Crippen LogP contribution in [0.1, 0.15) is 46.0 Å². The van der Waals surface area contributed by atoms with Gasteiger partial charge in [-0.1, -0.05) is 6.92 Å². The topological polar surface area (TPSA) is 58.4 Å². The molecule has 6 heteroatoms. The van der Waals surface area contributed by atoms with Crippen LogP contribution in [0.4, 0.5) is 0 Å². The zero-order valence-corrected chi connectivity index (χ0v) is 14.4. The van der Waals surface area contributed by atoms with Crippen molar-refractivity contribution in [3.63, 3.8) is 0 Å². The van der Waals surface area contributed by atoms with Crippen molar-refractivity contribution in [3.8, 4) is 0 Å². The van der Waals surface area contributed by atoms with Crippen molar-refractivity contribution in [1.29, 1.82) is 0 Å². The second-order valence-corrected chi connectivity index (χ2v) is 5.53. The summed E-state index contributed by atoms with van der Waals surface area (Å²) in [6.45, 7) is 8.60. The molecule has 0 aliphatic carbocycles. The number of likely N-dealkylation sites (tertiary alicyclic amines) is 1. The average molecular weight is 328 g/mol. The van der Waals surface area contributed by atoms with Crippen LogP contribution in [-0.4, -0.2) is 43.0 Å². The molecule has 1 aliphatic heterocycles. The molecule has 20 heavy (non-hydrogen) atoms. The van der Waals surface area contributed by atoms with Crippen LogP contribution in [0.25, 0.3) is 0 Å². The Balaban J connectivity index is 0. The van der Waals surface area contributed by atoms with E-state index in [4.69, 9.17) is 5.73 Å². The average Bonchev–Trinajstić information content (AvgIpc) is 2.37. The van der Waals surface area contributed by atoms with Gasteiger partial charge >= 0.3 is 0 Å². The first kappa shape index (κ1) is 22.3. The van der Waals surface area contributed by atoms with Gasteiger partial charge in [-0.05, 0) is 58.2 Å². The summed E-state index contributed by atoms with van der Waals surface area (Å²) in [5, 5.41) is 3.00. The van der Waals surface area contributed by atoms with Crippen LogP contribution in [0.15, 0.2) is 0 Å². The minimum absolute atomic E-state index is 0. The largest absolute Gasteiger partial charge is 0.356 e. The first-order valence-electron chi connectivity index (χ1n) is 7.36. The fraction of sp³-hybridized carbons (Fsp3) is 0.929. The van der Waals surface area contributed by atoms with Crippen molar-refractivity contribution in [2.45, 2.75) is 52.0 Å². The zero-order valence-electron chi connectivity index (χ0n) is 12.8. The van der Waals surface area contributed by atoms with E-state index < -0.39 is 0 Å². The van der Waals surface area contributed by atoms with Crippen molar-refractivity contribution in [2.75, 3.05) is 26.2 Å². The third-order valence-electron chi connectivity index (χ3n) is 3.86. The van der Waals surface area contributed by atoms with E-state index >= 15 is 0 Å². The van der Waals surface area contributed by atoms with Gasteiger partial charge in [0.15, 0.2) is 0 Å². The summed E-state index contributed by atoms with van der Waals surface area (Å²) in [6, 6.07) is 0.120. The number of carbonyl (C=O) groups is 1. The molecular weight excluding hydrogens is 297 g/mol. The van der Waals surface area contributed by atoms with E-state index in [1.165, 1.54) is 32.5 Å². The van der Waals surface area contributed by atoms with Gasteiger partial charge in [-0.25, -0.2) is 0 Å². The Bertz CT molecular complexity index is 245. The lowest BCUT2D eigenvalue weighted by Gasteiger charge is -2.31. The van der Waals surface area contributed by atoms with Crippen LogP contribution in [-0.2, 0) is 4.79 Å². The molecule has 4 nitrogen and oxygen atoms in total. The van der Waals surface area contributed by atoms with E-state index in [1.54, 1.807) is 0 Å². The first-order chi connectivity index (χ1) is 8.61. The van der Waals surface area contributed by atoms with Crippen molar-refractivity contribution in [3.05, 3.63) is 0 Å². The van der Waals surface area contributed by atoms with E-state index in [0.29, 0.717) is 6.42 Å². The standard InChI is InChI=1S/C14H29N3O.2ClH/c1-3-17-10-7-13(8-11-17)6-9-16-14(18)5-4-12(2)15;;/h12-13H,3-11,15H2,1-2H3,(H,16,18);2*1H. The van der Waals surface area contributed by atoms with E-state index in [1.807, 2.05) is 6.92 Å².